The number of aromatic nitrogens is 3. The van der Waals surface area contributed by atoms with Crippen molar-refractivity contribution in [2.45, 2.75) is 13.5 Å². The monoisotopic (exact) mass is 156 g/mol. The molecule has 0 saturated carbocycles. The number of nitrogens with one attached hydrogen (secondary N) is 1. The summed E-state index contributed by atoms with van der Waals surface area (Å²) in [6, 6.07) is 0. The maximum Gasteiger partial charge on any atom is 0.354 e. The fourth-order valence-electron chi connectivity index (χ4n) is 0.734. The smallest absolute Gasteiger partial charge is 0.354 e. The van der Waals surface area contributed by atoms with Crippen LogP contribution in [0, 0.1) is 0 Å². The van der Waals surface area contributed by atoms with Crippen LogP contribution in [0.15, 0.2) is 9.59 Å². The Morgan fingerprint density at radius 2 is 2.27 bits per heavy atom. The van der Waals surface area contributed by atoms with Crippen molar-refractivity contribution < 1.29 is 0 Å². The van der Waals surface area contributed by atoms with Gasteiger partial charge < -0.3 is 5.73 Å². The Bertz CT molecular complexity index is 332. The molecule has 1 heterocycles. The molecule has 0 unspecified atom stereocenters. The highest BCUT2D eigenvalue weighted by atomic mass is 16.2. The highest BCUT2D eigenvalue weighted by Crippen LogP contribution is 1.74. The Kier molecular flexibility index (Phi) is 1.75. The van der Waals surface area contributed by atoms with Gasteiger partial charge in [-0.1, -0.05) is 0 Å². The van der Waals surface area contributed by atoms with Gasteiger partial charge in [0, 0.05) is 6.54 Å². The van der Waals surface area contributed by atoms with Crippen LogP contribution < -0.4 is 17.1 Å². The Hall–Kier alpha value is -1.59. The van der Waals surface area contributed by atoms with E-state index in [1.807, 2.05) is 0 Å². The number of rotatable bonds is 1. The Morgan fingerprint density at radius 1 is 1.64 bits per heavy atom. The molecule has 0 spiro atoms. The molecule has 60 valence electrons. The summed E-state index contributed by atoms with van der Waals surface area (Å²) in [4.78, 5) is 27.3. The molecule has 0 atom stereocenters. The molecule has 0 fully saturated rings. The predicted octanol–water partition coefficient (Wildman–Crippen LogP) is -1.47. The van der Waals surface area contributed by atoms with Crippen LogP contribution in [-0.4, -0.2) is 14.5 Å². The highest BCUT2D eigenvalue weighted by Gasteiger charge is 1.99. The molecule has 0 amide bonds. The van der Waals surface area contributed by atoms with Gasteiger partial charge in [-0.3, -0.25) is 4.98 Å². The summed E-state index contributed by atoms with van der Waals surface area (Å²) in [5.74, 6) is -0.148. The zero-order chi connectivity index (χ0) is 8.43. The molecule has 0 aromatic carbocycles. The molecular formula is C5H8N4O2. The van der Waals surface area contributed by atoms with Gasteiger partial charge >= 0.3 is 11.4 Å². The minimum atomic E-state index is -0.617. The molecule has 1 rings (SSSR count). The van der Waals surface area contributed by atoms with Crippen molar-refractivity contribution in [1.29, 1.82) is 0 Å². The van der Waals surface area contributed by atoms with E-state index in [1.165, 1.54) is 0 Å². The molecule has 1 aromatic rings. The third-order valence-corrected chi connectivity index (χ3v) is 1.24. The lowest BCUT2D eigenvalue weighted by Crippen LogP contribution is -2.37. The van der Waals surface area contributed by atoms with E-state index in [-0.39, 0.29) is 5.95 Å². The number of nitrogens with two attached hydrogens (primary N) is 1. The maximum atomic E-state index is 10.9. The van der Waals surface area contributed by atoms with E-state index in [1.54, 1.807) is 6.92 Å². The van der Waals surface area contributed by atoms with Gasteiger partial charge in [-0.05, 0) is 6.92 Å². The first-order valence-electron chi connectivity index (χ1n) is 3.11. The van der Waals surface area contributed by atoms with Crippen LogP contribution in [0.25, 0.3) is 0 Å². The summed E-state index contributed by atoms with van der Waals surface area (Å²) in [5, 5.41) is 0. The fourth-order valence-corrected chi connectivity index (χ4v) is 0.734. The lowest BCUT2D eigenvalue weighted by molar-refractivity contribution is 0.646. The third kappa shape index (κ3) is 1.28. The highest BCUT2D eigenvalue weighted by molar-refractivity contribution is 5.09. The minimum absolute atomic E-state index is 0.148. The average molecular weight is 156 g/mol. The van der Waals surface area contributed by atoms with Gasteiger partial charge in [0.15, 0.2) is 0 Å². The van der Waals surface area contributed by atoms with Crippen LogP contribution in [0.2, 0.25) is 0 Å². The van der Waals surface area contributed by atoms with Crippen LogP contribution in [0.3, 0.4) is 0 Å². The van der Waals surface area contributed by atoms with E-state index in [2.05, 4.69) is 9.97 Å². The van der Waals surface area contributed by atoms with Crippen molar-refractivity contribution in [3.63, 3.8) is 0 Å². The van der Waals surface area contributed by atoms with E-state index >= 15 is 0 Å². The normalized spacial score (nSPS) is 9.91. The largest absolute Gasteiger partial charge is 0.369 e. The van der Waals surface area contributed by atoms with Gasteiger partial charge in [-0.2, -0.15) is 4.98 Å². The molecule has 6 nitrogen and oxygen atoms in total. The van der Waals surface area contributed by atoms with E-state index in [0.29, 0.717) is 6.54 Å². The van der Waals surface area contributed by atoms with E-state index in [9.17, 15) is 9.59 Å². The number of hydrogen-bond acceptors (Lipinski definition) is 4. The molecule has 1 aromatic heterocycles. The molecule has 0 bridgehead atoms. The van der Waals surface area contributed by atoms with Crippen molar-refractivity contribution in [3.05, 3.63) is 21.0 Å². The molecule has 0 aliphatic heterocycles. The predicted molar refractivity (Wildman–Crippen MR) is 39.2 cm³/mol. The zero-order valence-electron chi connectivity index (χ0n) is 6.00. The quantitative estimate of drug-likeness (QED) is 0.519. The maximum absolute atomic E-state index is 10.9. The van der Waals surface area contributed by atoms with Crippen molar-refractivity contribution in [2.75, 3.05) is 5.73 Å². The van der Waals surface area contributed by atoms with E-state index < -0.39 is 11.4 Å². The summed E-state index contributed by atoms with van der Waals surface area (Å²) in [7, 11) is 0. The molecule has 3 N–H and O–H groups in total. The summed E-state index contributed by atoms with van der Waals surface area (Å²) in [5.41, 5.74) is 3.96. The van der Waals surface area contributed by atoms with Crippen molar-refractivity contribution in [1.82, 2.24) is 14.5 Å². The molecule has 0 saturated heterocycles. The Labute approximate surface area is 61.7 Å². The molecule has 11 heavy (non-hydrogen) atoms. The first-order valence-corrected chi connectivity index (χ1v) is 3.11. The average Bonchev–Trinajstić information content (AvgIpc) is 1.85. The topological polar surface area (TPSA) is 93.8 Å². The van der Waals surface area contributed by atoms with Gasteiger partial charge in [0.25, 0.3) is 0 Å². The van der Waals surface area contributed by atoms with Crippen molar-refractivity contribution in [2.24, 2.45) is 0 Å². The lowest BCUT2D eigenvalue weighted by atomic mass is 10.7. The Balaban J connectivity index is 3.50. The SMILES string of the molecule is CCn1c(=O)nc(N)[nH]c1=O. The minimum Gasteiger partial charge on any atom is -0.369 e. The summed E-state index contributed by atoms with van der Waals surface area (Å²) >= 11 is 0. The summed E-state index contributed by atoms with van der Waals surface area (Å²) in [6.07, 6.45) is 0. The van der Waals surface area contributed by atoms with Crippen LogP contribution >= 0.6 is 0 Å². The number of anilines is 1. The number of H-pyrrole nitrogens is 1. The van der Waals surface area contributed by atoms with Crippen LogP contribution in [0.1, 0.15) is 6.92 Å². The van der Waals surface area contributed by atoms with Crippen LogP contribution in [0.4, 0.5) is 5.95 Å². The number of aromatic amines is 1. The third-order valence-electron chi connectivity index (χ3n) is 1.24. The van der Waals surface area contributed by atoms with Crippen LogP contribution in [-0.2, 0) is 6.54 Å². The summed E-state index contributed by atoms with van der Waals surface area (Å²) < 4.78 is 0.955. The van der Waals surface area contributed by atoms with Crippen LogP contribution in [0.5, 0.6) is 0 Å². The molecule has 0 aliphatic carbocycles. The van der Waals surface area contributed by atoms with Gasteiger partial charge in [0.1, 0.15) is 0 Å². The van der Waals surface area contributed by atoms with Gasteiger partial charge in [-0.15, -0.1) is 0 Å². The zero-order valence-corrected chi connectivity index (χ0v) is 6.00. The molecular weight excluding hydrogens is 148 g/mol. The van der Waals surface area contributed by atoms with Crippen molar-refractivity contribution in [3.8, 4) is 0 Å². The second-order valence-corrected chi connectivity index (χ2v) is 1.95. The Morgan fingerprint density at radius 3 is 2.73 bits per heavy atom. The molecule has 0 radical (unpaired) electrons. The molecule has 6 heteroatoms. The van der Waals surface area contributed by atoms with E-state index in [0.717, 1.165) is 4.57 Å². The second kappa shape index (κ2) is 2.57. The second-order valence-electron chi connectivity index (χ2n) is 1.95. The lowest BCUT2D eigenvalue weighted by Gasteiger charge is -1.97. The molecule has 0 aliphatic rings. The van der Waals surface area contributed by atoms with E-state index in [4.69, 9.17) is 5.73 Å². The summed E-state index contributed by atoms with van der Waals surface area (Å²) in [6.45, 7) is 1.97. The number of nitrogens with zero attached hydrogens (tertiary/aromatic N) is 2. The first-order chi connectivity index (χ1) is 5.15. The van der Waals surface area contributed by atoms with Gasteiger partial charge in [-0.25, -0.2) is 14.2 Å². The first kappa shape index (κ1) is 7.52. The van der Waals surface area contributed by atoms with Gasteiger partial charge in [0.2, 0.25) is 5.95 Å². The van der Waals surface area contributed by atoms with Gasteiger partial charge in [0.05, 0.1) is 0 Å². The van der Waals surface area contributed by atoms with Crippen molar-refractivity contribution >= 4 is 5.95 Å². The number of hydrogen-bond donors (Lipinski definition) is 2. The number of nitrogen functional groups attached to an aromatic ring is 1. The standard InChI is InChI=1S/C5H8N4O2/c1-2-9-4(10)7-3(6)8-5(9)11/h2H2,1H3,(H3,6,7,8,10,11). The fraction of sp³-hybridized carbons (Fsp3) is 0.400.